The second-order valence-corrected chi connectivity index (χ2v) is 8.79. The van der Waals surface area contributed by atoms with Gasteiger partial charge in [-0.2, -0.15) is 0 Å². The zero-order valence-electron chi connectivity index (χ0n) is 14.0. The van der Waals surface area contributed by atoms with Gasteiger partial charge in [-0.15, -0.1) is 0 Å². The van der Waals surface area contributed by atoms with Crippen molar-refractivity contribution >= 4 is 43.5 Å². The standard InChI is InChI=1S/C18H17BrN2O4S/c1-12-2-8-15(9-3-12)26(24,25)21-16(10-11-17(21)22)18(23)20-14-6-4-13(19)5-7-14/h2-9,16H,10-11H2,1H3,(H,20,23)/t16-/m1/s1. The van der Waals surface area contributed by atoms with Crippen molar-refractivity contribution in [3.8, 4) is 0 Å². The van der Waals surface area contributed by atoms with Crippen LogP contribution in [-0.4, -0.2) is 30.6 Å². The molecule has 2 amide bonds. The maximum atomic E-state index is 12.9. The van der Waals surface area contributed by atoms with Crippen LogP contribution in [-0.2, 0) is 19.6 Å². The lowest BCUT2D eigenvalue weighted by Crippen LogP contribution is -2.45. The van der Waals surface area contributed by atoms with Crippen LogP contribution in [0.25, 0.3) is 0 Å². The number of amides is 2. The first-order valence-electron chi connectivity index (χ1n) is 7.99. The van der Waals surface area contributed by atoms with Crippen molar-refractivity contribution in [2.45, 2.75) is 30.7 Å². The van der Waals surface area contributed by atoms with Crippen LogP contribution >= 0.6 is 15.9 Å². The molecule has 0 unspecified atom stereocenters. The van der Waals surface area contributed by atoms with Crippen LogP contribution in [0.5, 0.6) is 0 Å². The molecule has 136 valence electrons. The molecular weight excluding hydrogens is 420 g/mol. The Morgan fingerprint density at radius 1 is 1.12 bits per heavy atom. The molecular formula is C18H17BrN2O4S. The van der Waals surface area contributed by atoms with Crippen molar-refractivity contribution in [1.82, 2.24) is 4.31 Å². The van der Waals surface area contributed by atoms with Gasteiger partial charge < -0.3 is 5.32 Å². The van der Waals surface area contributed by atoms with Crippen LogP contribution in [0.2, 0.25) is 0 Å². The third-order valence-electron chi connectivity index (χ3n) is 4.15. The predicted molar refractivity (Wildman–Crippen MR) is 101 cm³/mol. The van der Waals surface area contributed by atoms with E-state index in [-0.39, 0.29) is 17.7 Å². The van der Waals surface area contributed by atoms with E-state index in [1.807, 2.05) is 6.92 Å². The lowest BCUT2D eigenvalue weighted by molar-refractivity contribution is -0.128. The van der Waals surface area contributed by atoms with E-state index >= 15 is 0 Å². The van der Waals surface area contributed by atoms with Crippen LogP contribution in [0.3, 0.4) is 0 Å². The van der Waals surface area contributed by atoms with Gasteiger partial charge in [0.2, 0.25) is 11.8 Å². The number of hydrogen-bond donors (Lipinski definition) is 1. The Hall–Kier alpha value is -2.19. The lowest BCUT2D eigenvalue weighted by atomic mass is 10.2. The minimum Gasteiger partial charge on any atom is -0.324 e. The van der Waals surface area contributed by atoms with Gasteiger partial charge in [0.25, 0.3) is 10.0 Å². The molecule has 1 atom stereocenters. The summed E-state index contributed by atoms with van der Waals surface area (Å²) >= 11 is 3.31. The molecule has 1 fully saturated rings. The molecule has 1 saturated heterocycles. The Kier molecular flexibility index (Phi) is 5.15. The van der Waals surface area contributed by atoms with Gasteiger partial charge in [-0.1, -0.05) is 33.6 Å². The van der Waals surface area contributed by atoms with E-state index in [9.17, 15) is 18.0 Å². The number of carbonyl (C=O) groups excluding carboxylic acids is 2. The summed E-state index contributed by atoms with van der Waals surface area (Å²) in [6, 6.07) is 12.0. The van der Waals surface area contributed by atoms with E-state index in [1.54, 1.807) is 36.4 Å². The summed E-state index contributed by atoms with van der Waals surface area (Å²) < 4.78 is 27.3. The van der Waals surface area contributed by atoms with Crippen LogP contribution in [0, 0.1) is 6.92 Å². The molecule has 6 nitrogen and oxygen atoms in total. The summed E-state index contributed by atoms with van der Waals surface area (Å²) in [5.74, 6) is -1.09. The molecule has 3 rings (SSSR count). The second kappa shape index (κ2) is 7.20. The van der Waals surface area contributed by atoms with E-state index in [2.05, 4.69) is 21.2 Å². The summed E-state index contributed by atoms with van der Waals surface area (Å²) in [7, 11) is -4.08. The largest absolute Gasteiger partial charge is 0.324 e. The van der Waals surface area contributed by atoms with Crippen molar-refractivity contribution in [2.24, 2.45) is 0 Å². The number of benzene rings is 2. The molecule has 8 heteroatoms. The number of nitrogens with one attached hydrogen (secondary N) is 1. The molecule has 0 saturated carbocycles. The molecule has 1 heterocycles. The molecule has 0 aliphatic carbocycles. The van der Waals surface area contributed by atoms with Crippen molar-refractivity contribution in [3.05, 3.63) is 58.6 Å². The monoisotopic (exact) mass is 436 g/mol. The van der Waals surface area contributed by atoms with Crippen LogP contribution in [0.4, 0.5) is 5.69 Å². The third-order valence-corrected chi connectivity index (χ3v) is 6.53. The maximum Gasteiger partial charge on any atom is 0.267 e. The number of nitrogens with zero attached hydrogens (tertiary/aromatic N) is 1. The van der Waals surface area contributed by atoms with Gasteiger partial charge in [0.15, 0.2) is 0 Å². The zero-order chi connectivity index (χ0) is 18.9. The average molecular weight is 437 g/mol. The van der Waals surface area contributed by atoms with Gasteiger partial charge >= 0.3 is 0 Å². The van der Waals surface area contributed by atoms with Gasteiger partial charge in [-0.3, -0.25) is 9.59 Å². The molecule has 1 aliphatic heterocycles. The number of rotatable bonds is 4. The number of sulfonamides is 1. The van der Waals surface area contributed by atoms with Gasteiger partial charge in [-0.25, -0.2) is 12.7 Å². The highest BCUT2D eigenvalue weighted by Crippen LogP contribution is 2.28. The summed E-state index contributed by atoms with van der Waals surface area (Å²) in [5, 5.41) is 2.68. The predicted octanol–water partition coefficient (Wildman–Crippen LogP) is 3.08. The van der Waals surface area contributed by atoms with Crippen molar-refractivity contribution in [1.29, 1.82) is 0 Å². The van der Waals surface area contributed by atoms with Crippen molar-refractivity contribution in [2.75, 3.05) is 5.32 Å². The second-order valence-electron chi connectivity index (χ2n) is 6.06. The Morgan fingerprint density at radius 2 is 1.73 bits per heavy atom. The molecule has 1 aliphatic rings. The number of halogens is 1. The fraction of sp³-hybridized carbons (Fsp3) is 0.222. The number of carbonyl (C=O) groups is 2. The summed E-state index contributed by atoms with van der Waals surface area (Å²) in [6.07, 6.45) is 0.176. The lowest BCUT2D eigenvalue weighted by Gasteiger charge is -2.23. The van der Waals surface area contributed by atoms with Crippen molar-refractivity contribution in [3.63, 3.8) is 0 Å². The van der Waals surface area contributed by atoms with Crippen LogP contribution in [0.1, 0.15) is 18.4 Å². The fourth-order valence-electron chi connectivity index (χ4n) is 2.78. The van der Waals surface area contributed by atoms with Crippen LogP contribution < -0.4 is 5.32 Å². The SMILES string of the molecule is Cc1ccc(S(=O)(=O)N2C(=O)CC[C@@H]2C(=O)Nc2ccc(Br)cc2)cc1. The first-order valence-corrected chi connectivity index (χ1v) is 10.2. The van der Waals surface area contributed by atoms with Crippen molar-refractivity contribution < 1.29 is 18.0 Å². The van der Waals surface area contributed by atoms with Crippen LogP contribution in [0.15, 0.2) is 57.9 Å². The number of hydrogen-bond acceptors (Lipinski definition) is 4. The molecule has 0 spiro atoms. The minimum absolute atomic E-state index is 0.000193. The van der Waals surface area contributed by atoms with Gasteiger partial charge in [-0.05, 0) is 49.7 Å². The summed E-state index contributed by atoms with van der Waals surface area (Å²) in [4.78, 5) is 24.8. The molecule has 0 bridgehead atoms. The fourth-order valence-corrected chi connectivity index (χ4v) is 4.65. The normalized spacial score (nSPS) is 17.4. The van der Waals surface area contributed by atoms with Gasteiger partial charge in [0.05, 0.1) is 4.90 Å². The summed E-state index contributed by atoms with van der Waals surface area (Å²) in [6.45, 7) is 1.84. The first-order chi connectivity index (χ1) is 12.3. The smallest absolute Gasteiger partial charge is 0.267 e. The van der Waals surface area contributed by atoms with E-state index in [0.717, 1.165) is 10.0 Å². The molecule has 1 N–H and O–H groups in total. The third kappa shape index (κ3) is 3.66. The zero-order valence-corrected chi connectivity index (χ0v) is 16.4. The minimum atomic E-state index is -4.08. The Bertz CT molecular complexity index is 940. The molecule has 2 aromatic rings. The Labute approximate surface area is 160 Å². The highest BCUT2D eigenvalue weighted by Gasteiger charge is 2.44. The van der Waals surface area contributed by atoms with Gasteiger partial charge in [0, 0.05) is 16.6 Å². The topological polar surface area (TPSA) is 83.6 Å². The highest BCUT2D eigenvalue weighted by atomic mass is 79.9. The highest BCUT2D eigenvalue weighted by molar-refractivity contribution is 9.10. The number of aryl methyl sites for hydroxylation is 1. The first kappa shape index (κ1) is 18.6. The van der Waals surface area contributed by atoms with E-state index in [4.69, 9.17) is 0 Å². The Morgan fingerprint density at radius 3 is 2.35 bits per heavy atom. The quantitative estimate of drug-likeness (QED) is 0.797. The maximum absolute atomic E-state index is 12.9. The molecule has 2 aromatic carbocycles. The Balaban J connectivity index is 1.87. The van der Waals surface area contributed by atoms with Gasteiger partial charge in [0.1, 0.15) is 6.04 Å². The molecule has 26 heavy (non-hydrogen) atoms. The summed E-state index contributed by atoms with van der Waals surface area (Å²) in [5.41, 5.74) is 1.44. The van der Waals surface area contributed by atoms with E-state index < -0.39 is 27.9 Å². The van der Waals surface area contributed by atoms with E-state index in [0.29, 0.717) is 9.99 Å². The number of anilines is 1. The molecule has 0 radical (unpaired) electrons. The van der Waals surface area contributed by atoms with E-state index in [1.165, 1.54) is 12.1 Å². The average Bonchev–Trinajstić information content (AvgIpc) is 3.00. The molecule has 0 aromatic heterocycles.